The van der Waals surface area contributed by atoms with Crippen LogP contribution in [0.5, 0.6) is 0 Å². The quantitative estimate of drug-likeness (QED) is 0.356. The van der Waals surface area contributed by atoms with Crippen molar-refractivity contribution in [1.82, 2.24) is 15.2 Å². The van der Waals surface area contributed by atoms with Crippen LogP contribution in [0.2, 0.25) is 0 Å². The lowest BCUT2D eigenvalue weighted by atomic mass is 9.98. The van der Waals surface area contributed by atoms with Crippen LogP contribution in [0.15, 0.2) is 53.9 Å². The first-order valence-corrected chi connectivity index (χ1v) is 13.4. The zero-order chi connectivity index (χ0) is 24.6. The predicted octanol–water partition coefficient (Wildman–Crippen LogP) is 6.45. The first-order valence-electron chi connectivity index (χ1n) is 12.5. The third kappa shape index (κ3) is 6.48. The van der Waals surface area contributed by atoms with Gasteiger partial charge in [-0.25, -0.2) is 9.78 Å². The van der Waals surface area contributed by atoms with Gasteiger partial charge < -0.3 is 15.5 Å². The number of para-hydroxylation sites is 1. The fourth-order valence-electron chi connectivity index (χ4n) is 4.35. The van der Waals surface area contributed by atoms with Crippen molar-refractivity contribution in [2.24, 2.45) is 0 Å². The molecule has 2 heterocycles. The molecule has 0 aliphatic carbocycles. The van der Waals surface area contributed by atoms with Crippen LogP contribution in [0.1, 0.15) is 66.0 Å². The number of unbranched alkanes of at least 4 members (excludes halogenated alkanes) is 2. The van der Waals surface area contributed by atoms with Gasteiger partial charge in [-0.2, -0.15) is 0 Å². The lowest BCUT2D eigenvalue weighted by Crippen LogP contribution is -2.44. The fourth-order valence-corrected chi connectivity index (χ4v) is 5.33. The van der Waals surface area contributed by atoms with Gasteiger partial charge in [-0.3, -0.25) is 4.79 Å². The summed E-state index contributed by atoms with van der Waals surface area (Å²) in [5.41, 5.74) is 4.46. The number of benzene rings is 2. The molecule has 0 spiro atoms. The molecule has 3 aromatic rings. The molecule has 1 aliphatic heterocycles. The molecular weight excluding hydrogens is 456 g/mol. The molecule has 6 nitrogen and oxygen atoms in total. The molecule has 3 amide bonds. The molecule has 35 heavy (non-hydrogen) atoms. The van der Waals surface area contributed by atoms with Crippen molar-refractivity contribution in [1.29, 1.82) is 0 Å². The van der Waals surface area contributed by atoms with E-state index in [1.54, 1.807) is 0 Å². The Labute approximate surface area is 211 Å². The van der Waals surface area contributed by atoms with E-state index in [-0.39, 0.29) is 17.9 Å². The number of piperidine rings is 1. The fraction of sp³-hybridized carbons (Fsp3) is 0.393. The average molecular weight is 491 g/mol. The third-order valence-corrected chi connectivity index (χ3v) is 7.49. The van der Waals surface area contributed by atoms with E-state index >= 15 is 0 Å². The largest absolute Gasteiger partial charge is 0.338 e. The first kappa shape index (κ1) is 24.9. The van der Waals surface area contributed by atoms with Crippen molar-refractivity contribution < 1.29 is 9.59 Å². The summed E-state index contributed by atoms with van der Waals surface area (Å²) in [6.45, 7) is 6.39. The predicted molar refractivity (Wildman–Crippen MR) is 143 cm³/mol. The molecule has 1 aromatic heterocycles. The van der Waals surface area contributed by atoms with Crippen molar-refractivity contribution in [2.75, 3.05) is 25.0 Å². The Morgan fingerprint density at radius 3 is 2.54 bits per heavy atom. The second-order valence-electron chi connectivity index (χ2n) is 9.14. The second kappa shape index (κ2) is 12.0. The SMILES string of the molecule is CCCCCNC(=O)N1CCC(c2nc(C(=O)Nc3ccccc3-c3ccc(C)cc3)cs2)CC1. The van der Waals surface area contributed by atoms with Gasteiger partial charge in [0.25, 0.3) is 5.91 Å². The Morgan fingerprint density at radius 1 is 1.06 bits per heavy atom. The van der Waals surface area contributed by atoms with Crippen LogP contribution < -0.4 is 10.6 Å². The van der Waals surface area contributed by atoms with E-state index in [1.807, 2.05) is 34.5 Å². The summed E-state index contributed by atoms with van der Waals surface area (Å²) in [5.74, 6) is 0.0847. The van der Waals surface area contributed by atoms with Gasteiger partial charge >= 0.3 is 6.03 Å². The highest BCUT2D eigenvalue weighted by Crippen LogP contribution is 2.32. The maximum atomic E-state index is 13.0. The standard InChI is InChI=1S/C28H34N4O2S/c1-3-4-7-16-29-28(34)32-17-14-22(15-18-32)27-31-25(19-35-27)26(33)30-24-9-6-5-8-23(24)21-12-10-20(2)11-13-21/h5-6,8-13,19,22H,3-4,7,14-18H2,1-2H3,(H,29,34)(H,30,33). The summed E-state index contributed by atoms with van der Waals surface area (Å²) in [5, 5.41) is 8.89. The van der Waals surface area contributed by atoms with Gasteiger partial charge in [0.05, 0.1) is 5.01 Å². The van der Waals surface area contributed by atoms with Crippen molar-refractivity contribution in [3.8, 4) is 11.1 Å². The molecule has 0 bridgehead atoms. The van der Waals surface area contributed by atoms with Gasteiger partial charge in [-0.05, 0) is 37.8 Å². The lowest BCUT2D eigenvalue weighted by molar-refractivity contribution is 0.102. The highest BCUT2D eigenvalue weighted by molar-refractivity contribution is 7.10. The molecular formula is C28H34N4O2S. The molecule has 7 heteroatoms. The maximum absolute atomic E-state index is 13.0. The van der Waals surface area contributed by atoms with Crippen LogP contribution in [-0.4, -0.2) is 41.5 Å². The van der Waals surface area contributed by atoms with Crippen LogP contribution in [0.4, 0.5) is 10.5 Å². The minimum Gasteiger partial charge on any atom is -0.338 e. The van der Waals surface area contributed by atoms with Gasteiger partial charge in [-0.15, -0.1) is 11.3 Å². The number of aryl methyl sites for hydroxylation is 1. The smallest absolute Gasteiger partial charge is 0.317 e. The van der Waals surface area contributed by atoms with Gasteiger partial charge in [0.1, 0.15) is 5.69 Å². The molecule has 1 aliphatic rings. The summed E-state index contributed by atoms with van der Waals surface area (Å²) in [4.78, 5) is 31.9. The topological polar surface area (TPSA) is 74.3 Å². The van der Waals surface area contributed by atoms with E-state index in [9.17, 15) is 9.59 Å². The molecule has 184 valence electrons. The molecule has 2 aromatic carbocycles. The number of carbonyl (C=O) groups is 2. The number of nitrogens with one attached hydrogen (secondary N) is 2. The normalized spacial score (nSPS) is 14.1. The number of anilines is 1. The maximum Gasteiger partial charge on any atom is 0.317 e. The molecule has 1 fully saturated rings. The van der Waals surface area contributed by atoms with Crippen LogP contribution >= 0.6 is 11.3 Å². The third-order valence-electron chi connectivity index (χ3n) is 6.48. The molecule has 0 unspecified atom stereocenters. The molecule has 2 N–H and O–H groups in total. The molecule has 0 saturated carbocycles. The molecule has 0 radical (unpaired) electrons. The number of hydrogen-bond acceptors (Lipinski definition) is 4. The monoisotopic (exact) mass is 490 g/mol. The minimum absolute atomic E-state index is 0.0333. The summed E-state index contributed by atoms with van der Waals surface area (Å²) >= 11 is 1.54. The number of urea groups is 1. The van der Waals surface area contributed by atoms with Crippen LogP contribution in [0, 0.1) is 6.92 Å². The Bertz CT molecular complexity index is 1130. The first-order chi connectivity index (χ1) is 17.0. The summed E-state index contributed by atoms with van der Waals surface area (Å²) < 4.78 is 0. The van der Waals surface area contributed by atoms with E-state index in [2.05, 4.69) is 53.7 Å². The highest BCUT2D eigenvalue weighted by Gasteiger charge is 2.26. The molecule has 0 atom stereocenters. The zero-order valence-electron chi connectivity index (χ0n) is 20.5. The lowest BCUT2D eigenvalue weighted by Gasteiger charge is -2.31. The second-order valence-corrected chi connectivity index (χ2v) is 10.0. The average Bonchev–Trinajstić information content (AvgIpc) is 3.38. The number of likely N-dealkylation sites (tertiary alicyclic amines) is 1. The highest BCUT2D eigenvalue weighted by atomic mass is 32.1. The number of carbonyl (C=O) groups excluding carboxylic acids is 2. The Balaban J connectivity index is 1.34. The van der Waals surface area contributed by atoms with Crippen molar-refractivity contribution in [2.45, 2.75) is 51.9 Å². The summed E-state index contributed by atoms with van der Waals surface area (Å²) in [7, 11) is 0. The number of amides is 3. The van der Waals surface area contributed by atoms with Gasteiger partial charge in [0.15, 0.2) is 0 Å². The Kier molecular flexibility index (Phi) is 8.53. The number of aromatic nitrogens is 1. The Hall–Kier alpha value is -3.19. The number of nitrogens with zero attached hydrogens (tertiary/aromatic N) is 2. The van der Waals surface area contributed by atoms with E-state index in [4.69, 9.17) is 0 Å². The van der Waals surface area contributed by atoms with Crippen molar-refractivity contribution in [3.63, 3.8) is 0 Å². The molecule has 1 saturated heterocycles. The van der Waals surface area contributed by atoms with E-state index in [0.29, 0.717) is 5.69 Å². The summed E-state index contributed by atoms with van der Waals surface area (Å²) in [6.07, 6.45) is 5.05. The van der Waals surface area contributed by atoms with E-state index in [0.717, 1.165) is 73.6 Å². The van der Waals surface area contributed by atoms with E-state index < -0.39 is 0 Å². The number of rotatable bonds is 8. The van der Waals surface area contributed by atoms with Crippen LogP contribution in [0.3, 0.4) is 0 Å². The van der Waals surface area contributed by atoms with Gasteiger partial charge in [-0.1, -0.05) is 67.8 Å². The number of thiazole rings is 1. The zero-order valence-corrected chi connectivity index (χ0v) is 21.4. The molecule has 4 rings (SSSR count). The van der Waals surface area contributed by atoms with Crippen molar-refractivity contribution in [3.05, 3.63) is 70.2 Å². The van der Waals surface area contributed by atoms with Crippen molar-refractivity contribution >= 4 is 29.0 Å². The van der Waals surface area contributed by atoms with Crippen LogP contribution in [0.25, 0.3) is 11.1 Å². The summed E-state index contributed by atoms with van der Waals surface area (Å²) in [6, 6.07) is 16.1. The van der Waals surface area contributed by atoms with Gasteiger partial charge in [0, 0.05) is 42.2 Å². The minimum atomic E-state index is -0.198. The van der Waals surface area contributed by atoms with E-state index in [1.165, 1.54) is 16.9 Å². The Morgan fingerprint density at radius 2 is 1.80 bits per heavy atom. The number of hydrogen-bond donors (Lipinski definition) is 2. The van der Waals surface area contributed by atoms with Crippen LogP contribution in [-0.2, 0) is 0 Å². The van der Waals surface area contributed by atoms with Gasteiger partial charge in [0.2, 0.25) is 0 Å².